The van der Waals surface area contributed by atoms with Crippen LogP contribution in [0.1, 0.15) is 25.3 Å². The molecule has 1 unspecified atom stereocenters. The summed E-state index contributed by atoms with van der Waals surface area (Å²) >= 11 is 0. The van der Waals surface area contributed by atoms with Crippen LogP contribution in [0.5, 0.6) is 5.75 Å². The van der Waals surface area contributed by atoms with Crippen LogP contribution in [-0.4, -0.2) is 36.1 Å². The molecule has 1 fully saturated rings. The Morgan fingerprint density at radius 3 is 2.56 bits per heavy atom. The standard InChI is InChI=1S/C21H24N2O4/c1-21(19(24)22-17-11-6-7-12-18(17)26-2)13-8-14-23(21)20(25)27-15-16-9-4-3-5-10-16/h3-7,9-12H,8,13-15H2,1-2H3,(H,22,24). The van der Waals surface area contributed by atoms with Gasteiger partial charge in [-0.3, -0.25) is 9.69 Å². The Hall–Kier alpha value is -3.02. The number of methoxy groups -OCH3 is 1. The molecule has 1 aliphatic heterocycles. The number of para-hydroxylation sites is 2. The minimum atomic E-state index is -0.964. The second-order valence-corrected chi connectivity index (χ2v) is 6.72. The molecular weight excluding hydrogens is 344 g/mol. The highest BCUT2D eigenvalue weighted by Crippen LogP contribution is 2.32. The topological polar surface area (TPSA) is 67.9 Å². The van der Waals surface area contributed by atoms with Crippen molar-refractivity contribution in [2.75, 3.05) is 19.0 Å². The van der Waals surface area contributed by atoms with Crippen molar-refractivity contribution in [2.24, 2.45) is 0 Å². The third-order valence-electron chi connectivity index (χ3n) is 4.91. The Balaban J connectivity index is 1.69. The van der Waals surface area contributed by atoms with Crippen molar-refractivity contribution < 1.29 is 19.1 Å². The summed E-state index contributed by atoms with van der Waals surface area (Å²) in [5.41, 5.74) is 0.523. The lowest BCUT2D eigenvalue weighted by atomic mass is 9.97. The van der Waals surface area contributed by atoms with E-state index >= 15 is 0 Å². The van der Waals surface area contributed by atoms with Crippen molar-refractivity contribution in [1.82, 2.24) is 4.90 Å². The average Bonchev–Trinajstić information content (AvgIpc) is 3.10. The summed E-state index contributed by atoms with van der Waals surface area (Å²) in [6, 6.07) is 16.7. The number of hydrogen-bond acceptors (Lipinski definition) is 4. The number of nitrogens with zero attached hydrogens (tertiary/aromatic N) is 1. The van der Waals surface area contributed by atoms with Gasteiger partial charge in [-0.2, -0.15) is 0 Å². The Morgan fingerprint density at radius 2 is 1.81 bits per heavy atom. The Labute approximate surface area is 159 Å². The first-order valence-corrected chi connectivity index (χ1v) is 8.97. The van der Waals surface area contributed by atoms with Crippen LogP contribution in [0, 0.1) is 0 Å². The molecule has 6 heteroatoms. The van der Waals surface area contributed by atoms with Crippen LogP contribution in [0.4, 0.5) is 10.5 Å². The molecule has 1 saturated heterocycles. The number of likely N-dealkylation sites (tertiary alicyclic amines) is 1. The molecule has 27 heavy (non-hydrogen) atoms. The third kappa shape index (κ3) is 4.05. The number of rotatable bonds is 5. The van der Waals surface area contributed by atoms with Gasteiger partial charge in [-0.1, -0.05) is 42.5 Å². The SMILES string of the molecule is COc1ccccc1NC(=O)C1(C)CCCN1C(=O)OCc1ccccc1. The Kier molecular flexibility index (Phi) is 5.64. The van der Waals surface area contributed by atoms with Gasteiger partial charge in [0.05, 0.1) is 12.8 Å². The number of carbonyl (C=O) groups excluding carboxylic acids is 2. The Morgan fingerprint density at radius 1 is 1.11 bits per heavy atom. The van der Waals surface area contributed by atoms with Gasteiger partial charge in [0, 0.05) is 6.54 Å². The molecule has 0 aromatic heterocycles. The van der Waals surface area contributed by atoms with E-state index in [0.717, 1.165) is 12.0 Å². The normalized spacial score (nSPS) is 18.8. The summed E-state index contributed by atoms with van der Waals surface area (Å²) in [7, 11) is 1.55. The van der Waals surface area contributed by atoms with Gasteiger partial charge in [0.2, 0.25) is 5.91 Å². The molecule has 0 spiro atoms. The second kappa shape index (κ2) is 8.12. The molecule has 2 aromatic carbocycles. The molecule has 2 amide bonds. The molecule has 1 N–H and O–H groups in total. The first-order valence-electron chi connectivity index (χ1n) is 8.97. The number of ether oxygens (including phenoxy) is 2. The van der Waals surface area contributed by atoms with Crippen molar-refractivity contribution in [3.63, 3.8) is 0 Å². The highest BCUT2D eigenvalue weighted by atomic mass is 16.6. The first kappa shape index (κ1) is 18.8. The van der Waals surface area contributed by atoms with Gasteiger partial charge in [0.1, 0.15) is 17.9 Å². The number of carbonyl (C=O) groups is 2. The summed E-state index contributed by atoms with van der Waals surface area (Å²) in [5, 5.41) is 2.89. The number of hydrogen-bond donors (Lipinski definition) is 1. The summed E-state index contributed by atoms with van der Waals surface area (Å²) in [6.07, 6.45) is 0.846. The van der Waals surface area contributed by atoms with E-state index in [1.807, 2.05) is 42.5 Å². The van der Waals surface area contributed by atoms with Gasteiger partial charge in [0.25, 0.3) is 0 Å². The molecule has 3 rings (SSSR count). The van der Waals surface area contributed by atoms with Crippen molar-refractivity contribution in [3.8, 4) is 5.75 Å². The quantitative estimate of drug-likeness (QED) is 0.871. The van der Waals surface area contributed by atoms with Crippen molar-refractivity contribution >= 4 is 17.7 Å². The lowest BCUT2D eigenvalue weighted by Crippen LogP contribution is -2.53. The molecule has 6 nitrogen and oxygen atoms in total. The van der Waals surface area contributed by atoms with E-state index in [4.69, 9.17) is 9.47 Å². The van der Waals surface area contributed by atoms with E-state index in [2.05, 4.69) is 5.32 Å². The lowest BCUT2D eigenvalue weighted by Gasteiger charge is -2.33. The molecule has 142 valence electrons. The highest BCUT2D eigenvalue weighted by molar-refractivity contribution is 6.00. The molecule has 0 saturated carbocycles. The summed E-state index contributed by atoms with van der Waals surface area (Å²) in [4.78, 5) is 27.1. The molecule has 1 heterocycles. The summed E-state index contributed by atoms with van der Waals surface area (Å²) in [5.74, 6) is 0.326. The number of benzene rings is 2. The molecule has 0 radical (unpaired) electrons. The van der Waals surface area contributed by atoms with Gasteiger partial charge in [0.15, 0.2) is 0 Å². The molecule has 0 aliphatic carbocycles. The smallest absolute Gasteiger partial charge is 0.410 e. The van der Waals surface area contributed by atoms with Gasteiger partial charge < -0.3 is 14.8 Å². The molecule has 2 aromatic rings. The fourth-order valence-electron chi connectivity index (χ4n) is 3.29. The van der Waals surface area contributed by atoms with Gasteiger partial charge >= 0.3 is 6.09 Å². The van der Waals surface area contributed by atoms with Crippen LogP contribution in [0.3, 0.4) is 0 Å². The van der Waals surface area contributed by atoms with E-state index in [0.29, 0.717) is 24.4 Å². The number of anilines is 1. The fraction of sp³-hybridized carbons (Fsp3) is 0.333. The van der Waals surface area contributed by atoms with Crippen LogP contribution < -0.4 is 10.1 Å². The summed E-state index contributed by atoms with van der Waals surface area (Å²) < 4.78 is 10.7. The van der Waals surface area contributed by atoms with Gasteiger partial charge in [-0.05, 0) is 37.5 Å². The van der Waals surface area contributed by atoms with E-state index in [1.54, 1.807) is 26.2 Å². The average molecular weight is 368 g/mol. The van der Waals surface area contributed by atoms with Crippen molar-refractivity contribution in [2.45, 2.75) is 31.9 Å². The zero-order valence-electron chi connectivity index (χ0n) is 15.6. The van der Waals surface area contributed by atoms with E-state index in [9.17, 15) is 9.59 Å². The number of nitrogens with one attached hydrogen (secondary N) is 1. The van der Waals surface area contributed by atoms with Crippen molar-refractivity contribution in [3.05, 3.63) is 60.2 Å². The minimum absolute atomic E-state index is 0.181. The van der Waals surface area contributed by atoms with E-state index in [-0.39, 0.29) is 12.5 Å². The maximum Gasteiger partial charge on any atom is 0.410 e. The zero-order chi connectivity index (χ0) is 19.3. The van der Waals surface area contributed by atoms with Crippen LogP contribution in [0.25, 0.3) is 0 Å². The van der Waals surface area contributed by atoms with E-state index < -0.39 is 11.6 Å². The predicted molar refractivity (Wildman–Crippen MR) is 103 cm³/mol. The lowest BCUT2D eigenvalue weighted by molar-refractivity contribution is -0.125. The molecular formula is C21H24N2O4. The van der Waals surface area contributed by atoms with Crippen LogP contribution in [-0.2, 0) is 16.1 Å². The monoisotopic (exact) mass is 368 g/mol. The van der Waals surface area contributed by atoms with E-state index in [1.165, 1.54) is 4.90 Å². The maximum absolute atomic E-state index is 13.0. The molecule has 1 aliphatic rings. The van der Waals surface area contributed by atoms with Crippen LogP contribution in [0.2, 0.25) is 0 Å². The van der Waals surface area contributed by atoms with Gasteiger partial charge in [-0.25, -0.2) is 4.79 Å². The minimum Gasteiger partial charge on any atom is -0.495 e. The van der Waals surface area contributed by atoms with Crippen LogP contribution >= 0.6 is 0 Å². The molecule has 0 bridgehead atoms. The highest BCUT2D eigenvalue weighted by Gasteiger charge is 2.46. The largest absolute Gasteiger partial charge is 0.495 e. The zero-order valence-corrected chi connectivity index (χ0v) is 15.6. The van der Waals surface area contributed by atoms with Crippen LogP contribution in [0.15, 0.2) is 54.6 Å². The molecule has 1 atom stereocenters. The second-order valence-electron chi connectivity index (χ2n) is 6.72. The van der Waals surface area contributed by atoms with Gasteiger partial charge in [-0.15, -0.1) is 0 Å². The fourth-order valence-corrected chi connectivity index (χ4v) is 3.29. The summed E-state index contributed by atoms with van der Waals surface area (Å²) in [6.45, 7) is 2.44. The van der Waals surface area contributed by atoms with Crippen molar-refractivity contribution in [1.29, 1.82) is 0 Å². The first-order chi connectivity index (χ1) is 13.0. The predicted octanol–water partition coefficient (Wildman–Crippen LogP) is 3.83. The maximum atomic E-state index is 13.0. The third-order valence-corrected chi connectivity index (χ3v) is 4.91. The number of amides is 2. The Bertz CT molecular complexity index is 809.